The maximum absolute atomic E-state index is 15.4. The average molecular weight is 772 g/mol. The lowest BCUT2D eigenvalue weighted by atomic mass is 9.49. The number of ether oxygens (including phenoxy) is 1. The minimum atomic E-state index is -1.82. The number of halogens is 3. The van der Waals surface area contributed by atoms with Gasteiger partial charge in [-0.2, -0.15) is 5.01 Å². The molecular formula is C39H29Cl2FN4O8. The lowest BCUT2D eigenvalue weighted by Crippen LogP contribution is -2.53. The van der Waals surface area contributed by atoms with Crippen LogP contribution in [0.25, 0.3) is 0 Å². The number of carbonyl (C=O) groups excluding carboxylic acids is 4. The second-order valence-electron chi connectivity index (χ2n) is 13.7. The second-order valence-corrected chi connectivity index (χ2v) is 14.5. The molecule has 0 spiro atoms. The summed E-state index contributed by atoms with van der Waals surface area (Å²) in [7, 11) is 1.47. The van der Waals surface area contributed by atoms with Crippen molar-refractivity contribution in [3.05, 3.63) is 134 Å². The molecule has 6 atom stereocenters. The van der Waals surface area contributed by atoms with E-state index < -0.39 is 75.1 Å². The molecule has 15 heteroatoms. The van der Waals surface area contributed by atoms with Crippen LogP contribution < -0.4 is 15.1 Å². The van der Waals surface area contributed by atoms with Crippen LogP contribution in [0.15, 0.2) is 96.6 Å². The molecule has 4 amide bonds. The van der Waals surface area contributed by atoms with Crippen LogP contribution in [0.4, 0.5) is 21.5 Å². The van der Waals surface area contributed by atoms with Crippen molar-refractivity contribution in [1.29, 1.82) is 0 Å². The number of anilines is 2. The van der Waals surface area contributed by atoms with Gasteiger partial charge in [-0.1, -0.05) is 65.2 Å². The normalized spacial score (nSPS) is 25.9. The van der Waals surface area contributed by atoms with Crippen LogP contribution in [0.1, 0.15) is 29.9 Å². The predicted octanol–water partition coefficient (Wildman–Crippen LogP) is 6.94. The minimum Gasteiger partial charge on any atom is -0.505 e. The lowest BCUT2D eigenvalue weighted by molar-refractivity contribution is -0.384. The van der Waals surface area contributed by atoms with Gasteiger partial charge in [0.25, 0.3) is 17.5 Å². The smallest absolute Gasteiger partial charge is 0.271 e. The van der Waals surface area contributed by atoms with E-state index >= 15 is 9.18 Å². The first-order valence-corrected chi connectivity index (χ1v) is 17.7. The number of fused-ring (bicyclic) bond motifs is 4. The van der Waals surface area contributed by atoms with Crippen molar-refractivity contribution in [2.75, 3.05) is 17.4 Å². The van der Waals surface area contributed by atoms with Crippen LogP contribution >= 0.6 is 23.2 Å². The summed E-state index contributed by atoms with van der Waals surface area (Å²) in [5.41, 5.74) is 1.80. The number of allylic oxidation sites excluding steroid dienone is 2. The summed E-state index contributed by atoms with van der Waals surface area (Å²) in [6.45, 7) is 0. The summed E-state index contributed by atoms with van der Waals surface area (Å²) >= 11 is 12.6. The van der Waals surface area contributed by atoms with Gasteiger partial charge in [0.1, 0.15) is 5.75 Å². The Morgan fingerprint density at radius 3 is 2.39 bits per heavy atom. The van der Waals surface area contributed by atoms with E-state index in [1.807, 2.05) is 0 Å². The fourth-order valence-corrected chi connectivity index (χ4v) is 9.40. The van der Waals surface area contributed by atoms with E-state index in [0.717, 1.165) is 22.0 Å². The Morgan fingerprint density at radius 1 is 0.944 bits per heavy atom. The van der Waals surface area contributed by atoms with Crippen LogP contribution in [0.3, 0.4) is 0 Å². The molecule has 1 saturated carbocycles. The van der Waals surface area contributed by atoms with Crippen LogP contribution in [-0.4, -0.2) is 45.8 Å². The molecule has 2 saturated heterocycles. The number of nitro groups is 1. The van der Waals surface area contributed by atoms with Crippen molar-refractivity contribution in [2.45, 2.75) is 24.2 Å². The monoisotopic (exact) mass is 770 g/mol. The van der Waals surface area contributed by atoms with Gasteiger partial charge in [-0.3, -0.25) is 34.7 Å². The zero-order valence-corrected chi connectivity index (χ0v) is 29.8. The van der Waals surface area contributed by atoms with Crippen molar-refractivity contribution >= 4 is 63.9 Å². The van der Waals surface area contributed by atoms with Crippen molar-refractivity contribution < 1.29 is 38.3 Å². The van der Waals surface area contributed by atoms with E-state index in [1.165, 1.54) is 55.6 Å². The van der Waals surface area contributed by atoms with Gasteiger partial charge in [0.05, 0.1) is 51.6 Å². The highest BCUT2D eigenvalue weighted by atomic mass is 35.5. The highest BCUT2D eigenvalue weighted by Gasteiger charge is 2.70. The fourth-order valence-electron chi connectivity index (χ4n) is 8.95. The van der Waals surface area contributed by atoms with E-state index in [2.05, 4.69) is 5.43 Å². The van der Waals surface area contributed by atoms with Gasteiger partial charge in [-0.15, -0.1) is 0 Å². The molecule has 3 fully saturated rings. The van der Waals surface area contributed by atoms with Gasteiger partial charge in [0.2, 0.25) is 11.8 Å². The Labute approximate surface area is 316 Å². The van der Waals surface area contributed by atoms with Gasteiger partial charge in [-0.05, 0) is 66.8 Å². The summed E-state index contributed by atoms with van der Waals surface area (Å²) in [4.78, 5) is 70.5. The van der Waals surface area contributed by atoms with Crippen molar-refractivity contribution in [2.24, 2.45) is 23.7 Å². The third-order valence-corrected chi connectivity index (χ3v) is 11.8. The maximum Gasteiger partial charge on any atom is 0.271 e. The summed E-state index contributed by atoms with van der Waals surface area (Å²) < 4.78 is 20.8. The molecule has 0 aromatic heterocycles. The minimum absolute atomic E-state index is 0.00468. The molecule has 4 aromatic carbocycles. The van der Waals surface area contributed by atoms with Gasteiger partial charge < -0.3 is 9.84 Å². The molecule has 54 heavy (non-hydrogen) atoms. The molecule has 0 unspecified atom stereocenters. The first-order valence-electron chi connectivity index (χ1n) is 16.9. The van der Waals surface area contributed by atoms with Gasteiger partial charge in [-0.25, -0.2) is 9.29 Å². The number of carbonyl (C=O) groups is 4. The van der Waals surface area contributed by atoms with Gasteiger partial charge in [0.15, 0.2) is 11.6 Å². The van der Waals surface area contributed by atoms with Gasteiger partial charge >= 0.3 is 0 Å². The number of nitrogens with one attached hydrogen (secondary N) is 1. The molecule has 4 aromatic rings. The number of phenolic OH excluding ortho intramolecular Hbond substituents is 1. The lowest BCUT2D eigenvalue weighted by Gasteiger charge is -2.50. The Hall–Kier alpha value is -5.79. The third kappa shape index (κ3) is 5.09. The number of rotatable bonds is 7. The van der Waals surface area contributed by atoms with E-state index in [4.69, 9.17) is 27.9 Å². The van der Waals surface area contributed by atoms with Crippen LogP contribution in [0.2, 0.25) is 10.0 Å². The standard InChI is InChI=1S/C39H29Cl2FN4O8/c1-54-23-11-8-19(9-12-23)39-28(36(49)45(38(39)51)43-31-15-10-20(40)16-29(31)41)18-27-24(33(39)26-6-3-7-30(42)34(26)47)13-14-25-32(27)37(50)44(35(25)48)21-4-2-5-22(17-21)46(52)53/h2-13,15-17,25,27-28,32-33,43,47H,14,18H2,1H3/t25-,27+,28-,32-,33+,39+/m0/s1. The van der Waals surface area contributed by atoms with Crippen LogP contribution in [0, 0.1) is 39.6 Å². The summed E-state index contributed by atoms with van der Waals surface area (Å²) in [6.07, 6.45) is 1.69. The number of phenols is 1. The number of nitro benzene ring substituents is 1. The number of para-hydroxylation sites is 1. The predicted molar refractivity (Wildman–Crippen MR) is 194 cm³/mol. The zero-order valence-electron chi connectivity index (χ0n) is 28.2. The number of hydrogen-bond donors (Lipinski definition) is 2. The molecule has 4 aliphatic rings. The largest absolute Gasteiger partial charge is 0.505 e. The molecular weight excluding hydrogens is 742 g/mol. The molecule has 0 radical (unpaired) electrons. The highest BCUT2D eigenvalue weighted by Crippen LogP contribution is 2.65. The van der Waals surface area contributed by atoms with Gasteiger partial charge in [0, 0.05) is 28.6 Å². The molecule has 274 valence electrons. The fraction of sp³-hybridized carbons (Fsp3) is 0.231. The molecule has 0 bridgehead atoms. The first-order chi connectivity index (χ1) is 25.9. The number of nitrogens with zero attached hydrogens (tertiary/aromatic N) is 3. The summed E-state index contributed by atoms with van der Waals surface area (Å²) in [5, 5.41) is 24.3. The van der Waals surface area contributed by atoms with E-state index in [-0.39, 0.29) is 40.5 Å². The maximum atomic E-state index is 15.4. The van der Waals surface area contributed by atoms with E-state index in [1.54, 1.807) is 30.3 Å². The Kier molecular flexibility index (Phi) is 8.46. The zero-order chi connectivity index (χ0) is 38.2. The van der Waals surface area contributed by atoms with Crippen LogP contribution in [0.5, 0.6) is 11.5 Å². The summed E-state index contributed by atoms with van der Waals surface area (Å²) in [6, 6.07) is 20.1. The third-order valence-electron chi connectivity index (χ3n) is 11.2. The van der Waals surface area contributed by atoms with Crippen LogP contribution in [-0.2, 0) is 24.6 Å². The van der Waals surface area contributed by atoms with Crippen molar-refractivity contribution in [3.8, 4) is 11.5 Å². The molecule has 2 N–H and O–H groups in total. The number of methoxy groups -OCH3 is 1. The summed E-state index contributed by atoms with van der Waals surface area (Å²) in [5.74, 6) is -9.06. The Morgan fingerprint density at radius 2 is 1.69 bits per heavy atom. The average Bonchev–Trinajstić information content (AvgIpc) is 3.54. The number of aromatic hydroxyl groups is 1. The Bertz CT molecular complexity index is 2340. The molecule has 2 aliphatic carbocycles. The number of non-ortho nitro benzene ring substituents is 1. The number of benzene rings is 4. The second kappa shape index (κ2) is 13.0. The SMILES string of the molecule is COc1ccc([C@@]23C(=O)N(Nc4ccc(Cl)cc4Cl)C(=O)[C@@H]2C[C@@H]2C(=CC[C@@H]4C(=O)N(c5cccc([N+](=O)[O-])c5)C(=O)[C@@H]42)[C@@H]3c2cccc(F)c2O)cc1. The van der Waals surface area contributed by atoms with E-state index in [9.17, 15) is 29.6 Å². The number of hydrogen-bond acceptors (Lipinski definition) is 9. The van der Waals surface area contributed by atoms with Crippen molar-refractivity contribution in [1.82, 2.24) is 5.01 Å². The van der Waals surface area contributed by atoms with Crippen molar-refractivity contribution in [3.63, 3.8) is 0 Å². The molecule has 2 aliphatic heterocycles. The molecule has 12 nitrogen and oxygen atoms in total. The Balaban J connectivity index is 1.33. The highest BCUT2D eigenvalue weighted by molar-refractivity contribution is 6.36. The first kappa shape index (κ1) is 35.3. The topological polar surface area (TPSA) is 159 Å². The number of imide groups is 2. The quantitative estimate of drug-likeness (QED) is 0.0878. The number of hydrazine groups is 1. The molecule has 8 rings (SSSR count). The molecule has 2 heterocycles. The number of amides is 4. The van der Waals surface area contributed by atoms with E-state index in [0.29, 0.717) is 21.9 Å².